The number of amides is 1. The van der Waals surface area contributed by atoms with Gasteiger partial charge in [-0.1, -0.05) is 11.6 Å². The van der Waals surface area contributed by atoms with Crippen LogP contribution in [0.2, 0.25) is 5.02 Å². The molecule has 0 unspecified atom stereocenters. The Morgan fingerprint density at radius 2 is 2.24 bits per heavy atom. The highest BCUT2D eigenvalue weighted by Gasteiger charge is 2.14. The first-order chi connectivity index (χ1) is 10.1. The van der Waals surface area contributed by atoms with E-state index in [1.54, 1.807) is 17.6 Å². The van der Waals surface area contributed by atoms with Crippen LogP contribution in [0.1, 0.15) is 15.9 Å². The van der Waals surface area contributed by atoms with Crippen molar-refractivity contribution in [1.82, 2.24) is 4.98 Å². The highest BCUT2D eigenvalue weighted by molar-refractivity contribution is 9.11. The van der Waals surface area contributed by atoms with Gasteiger partial charge in [-0.25, -0.2) is 0 Å². The molecule has 6 heteroatoms. The number of carbonyl (C=O) groups is 1. The zero-order chi connectivity index (χ0) is 15.0. The number of nitrogens with zero attached hydrogens (tertiary/aromatic N) is 1. The van der Waals surface area contributed by atoms with E-state index in [0.29, 0.717) is 16.3 Å². The molecule has 106 valence electrons. The Hall–Kier alpha value is -1.43. The Balaban J connectivity index is 2.06. The van der Waals surface area contributed by atoms with Crippen molar-refractivity contribution in [2.24, 2.45) is 0 Å². The number of rotatable bonds is 2. The summed E-state index contributed by atoms with van der Waals surface area (Å²) in [4.78, 5) is 16.7. The lowest BCUT2D eigenvalue weighted by molar-refractivity contribution is 0.102. The predicted molar refractivity (Wildman–Crippen MR) is 91.5 cm³/mol. The third-order valence-electron chi connectivity index (χ3n) is 3.10. The lowest BCUT2D eigenvalue weighted by Gasteiger charge is -2.11. The number of aryl methyl sites for hydroxylation is 1. The molecular weight excluding hydrogens is 372 g/mol. The molecule has 21 heavy (non-hydrogen) atoms. The van der Waals surface area contributed by atoms with Gasteiger partial charge in [-0.2, -0.15) is 0 Å². The van der Waals surface area contributed by atoms with Gasteiger partial charge in [-0.3, -0.25) is 9.78 Å². The molecule has 1 N–H and O–H groups in total. The number of thiophene rings is 1. The number of halogens is 2. The molecular formula is C15H10BrClN2OS. The Kier molecular flexibility index (Phi) is 3.97. The van der Waals surface area contributed by atoms with Gasteiger partial charge in [-0.15, -0.1) is 11.3 Å². The van der Waals surface area contributed by atoms with Gasteiger partial charge in [0.1, 0.15) is 0 Å². The van der Waals surface area contributed by atoms with Crippen LogP contribution in [-0.4, -0.2) is 10.9 Å². The first kappa shape index (κ1) is 14.5. The molecule has 2 aromatic heterocycles. The van der Waals surface area contributed by atoms with Crippen LogP contribution in [0.4, 0.5) is 5.69 Å². The summed E-state index contributed by atoms with van der Waals surface area (Å²) >= 11 is 11.1. The molecule has 0 saturated heterocycles. The monoisotopic (exact) mass is 380 g/mol. The van der Waals surface area contributed by atoms with Crippen LogP contribution in [-0.2, 0) is 0 Å². The van der Waals surface area contributed by atoms with E-state index in [0.717, 1.165) is 20.3 Å². The number of benzene rings is 1. The minimum Gasteiger partial charge on any atom is -0.320 e. The van der Waals surface area contributed by atoms with E-state index in [-0.39, 0.29) is 5.91 Å². The minimum absolute atomic E-state index is 0.187. The first-order valence-corrected chi connectivity index (χ1v) is 8.20. The number of pyridine rings is 1. The van der Waals surface area contributed by atoms with Gasteiger partial charge in [0.2, 0.25) is 0 Å². The zero-order valence-electron chi connectivity index (χ0n) is 11.0. The van der Waals surface area contributed by atoms with Gasteiger partial charge in [0.15, 0.2) is 0 Å². The van der Waals surface area contributed by atoms with Crippen molar-refractivity contribution in [2.45, 2.75) is 6.92 Å². The zero-order valence-corrected chi connectivity index (χ0v) is 14.1. The largest absolute Gasteiger partial charge is 0.320 e. The standard InChI is InChI=1S/C15H10BrClN2OS/c1-8-5-11(17)14(10-3-2-4-18-13(8)10)19-15(20)9-6-12(16)21-7-9/h2-7H,1H3,(H,19,20). The molecule has 0 atom stereocenters. The molecule has 0 aliphatic rings. The molecule has 0 radical (unpaired) electrons. The fourth-order valence-corrected chi connectivity index (χ4v) is 3.57. The van der Waals surface area contributed by atoms with Crippen molar-refractivity contribution < 1.29 is 4.79 Å². The number of carbonyl (C=O) groups excluding carboxylic acids is 1. The van der Waals surface area contributed by atoms with Gasteiger partial charge in [0.05, 0.1) is 25.6 Å². The molecule has 3 rings (SSSR count). The maximum absolute atomic E-state index is 12.3. The van der Waals surface area contributed by atoms with E-state index in [2.05, 4.69) is 26.2 Å². The number of anilines is 1. The molecule has 1 amide bonds. The van der Waals surface area contributed by atoms with E-state index in [4.69, 9.17) is 11.6 Å². The average Bonchev–Trinajstić information content (AvgIpc) is 2.90. The smallest absolute Gasteiger partial charge is 0.256 e. The van der Waals surface area contributed by atoms with Crippen LogP contribution >= 0.6 is 38.9 Å². The van der Waals surface area contributed by atoms with Gasteiger partial charge in [-0.05, 0) is 52.7 Å². The molecule has 0 spiro atoms. The average molecular weight is 382 g/mol. The highest BCUT2D eigenvalue weighted by Crippen LogP contribution is 2.33. The van der Waals surface area contributed by atoms with E-state index in [1.807, 2.05) is 25.1 Å². The van der Waals surface area contributed by atoms with Crippen molar-refractivity contribution in [3.05, 3.63) is 55.8 Å². The molecule has 0 bridgehead atoms. The molecule has 2 heterocycles. The van der Waals surface area contributed by atoms with Gasteiger partial charge < -0.3 is 5.32 Å². The molecule has 0 aliphatic heterocycles. The number of aromatic nitrogens is 1. The van der Waals surface area contributed by atoms with E-state index < -0.39 is 0 Å². The lowest BCUT2D eigenvalue weighted by atomic mass is 10.1. The summed E-state index contributed by atoms with van der Waals surface area (Å²) in [6.45, 7) is 1.95. The summed E-state index contributed by atoms with van der Waals surface area (Å²) in [5, 5.41) is 6.03. The molecule has 0 saturated carbocycles. The van der Waals surface area contributed by atoms with E-state index >= 15 is 0 Å². The predicted octanol–water partition coefficient (Wildman–Crippen LogP) is 5.27. The highest BCUT2D eigenvalue weighted by atomic mass is 79.9. The summed E-state index contributed by atoms with van der Waals surface area (Å²) in [7, 11) is 0. The van der Waals surface area contributed by atoms with Crippen LogP contribution in [0.5, 0.6) is 0 Å². The molecule has 0 fully saturated rings. The lowest BCUT2D eigenvalue weighted by Crippen LogP contribution is -2.11. The summed E-state index contributed by atoms with van der Waals surface area (Å²) in [6.07, 6.45) is 1.73. The fraction of sp³-hybridized carbons (Fsp3) is 0.0667. The van der Waals surface area contributed by atoms with Crippen molar-refractivity contribution in [3.8, 4) is 0 Å². The van der Waals surface area contributed by atoms with Crippen LogP contribution < -0.4 is 5.32 Å². The van der Waals surface area contributed by atoms with Crippen molar-refractivity contribution in [3.63, 3.8) is 0 Å². The minimum atomic E-state index is -0.187. The summed E-state index contributed by atoms with van der Waals surface area (Å²) in [5.41, 5.74) is 3.01. The quantitative estimate of drug-likeness (QED) is 0.657. The van der Waals surface area contributed by atoms with Crippen molar-refractivity contribution in [2.75, 3.05) is 5.32 Å². The number of fused-ring (bicyclic) bond motifs is 1. The van der Waals surface area contributed by atoms with E-state index in [9.17, 15) is 4.79 Å². The molecule has 3 nitrogen and oxygen atoms in total. The van der Waals surface area contributed by atoms with Gasteiger partial charge in [0.25, 0.3) is 5.91 Å². The number of hydrogen-bond donors (Lipinski definition) is 1. The Labute approximate surface area is 139 Å². The van der Waals surface area contributed by atoms with Gasteiger partial charge >= 0.3 is 0 Å². The first-order valence-electron chi connectivity index (χ1n) is 6.15. The summed E-state index contributed by atoms with van der Waals surface area (Å²) in [6, 6.07) is 7.33. The van der Waals surface area contributed by atoms with Crippen LogP contribution in [0, 0.1) is 6.92 Å². The van der Waals surface area contributed by atoms with Crippen LogP contribution in [0.3, 0.4) is 0 Å². The maximum atomic E-state index is 12.3. The normalized spacial score (nSPS) is 10.8. The Bertz CT molecular complexity index is 847. The van der Waals surface area contributed by atoms with Crippen LogP contribution in [0.15, 0.2) is 39.6 Å². The number of hydrogen-bond acceptors (Lipinski definition) is 3. The second-order valence-electron chi connectivity index (χ2n) is 4.54. The Morgan fingerprint density at radius 3 is 2.95 bits per heavy atom. The van der Waals surface area contributed by atoms with Crippen molar-refractivity contribution >= 4 is 61.4 Å². The third-order valence-corrected chi connectivity index (χ3v) is 4.90. The fourth-order valence-electron chi connectivity index (χ4n) is 2.12. The molecule has 3 aromatic rings. The number of nitrogens with one attached hydrogen (secondary N) is 1. The molecule has 1 aromatic carbocycles. The Morgan fingerprint density at radius 1 is 1.43 bits per heavy atom. The summed E-state index contributed by atoms with van der Waals surface area (Å²) < 4.78 is 0.911. The second kappa shape index (κ2) is 5.75. The maximum Gasteiger partial charge on any atom is 0.256 e. The van der Waals surface area contributed by atoms with E-state index in [1.165, 1.54) is 11.3 Å². The third kappa shape index (κ3) is 2.81. The SMILES string of the molecule is Cc1cc(Cl)c(NC(=O)c2csc(Br)c2)c2cccnc12. The van der Waals surface area contributed by atoms with Crippen molar-refractivity contribution in [1.29, 1.82) is 0 Å². The summed E-state index contributed by atoms with van der Waals surface area (Å²) in [5.74, 6) is -0.187. The topological polar surface area (TPSA) is 42.0 Å². The second-order valence-corrected chi connectivity index (χ2v) is 7.24. The van der Waals surface area contributed by atoms with Gasteiger partial charge in [0, 0.05) is 17.0 Å². The van der Waals surface area contributed by atoms with Crippen LogP contribution in [0.25, 0.3) is 10.9 Å². The molecule has 0 aliphatic carbocycles.